The minimum Gasteiger partial charge on any atom is -0.326 e. The van der Waals surface area contributed by atoms with Crippen LogP contribution < -0.4 is 10.6 Å². The van der Waals surface area contributed by atoms with Gasteiger partial charge in [0.25, 0.3) is 5.91 Å². The molecule has 0 unspecified atom stereocenters. The Bertz CT molecular complexity index is 929. The maximum Gasteiger partial charge on any atom is 0.269 e. The van der Waals surface area contributed by atoms with Crippen LogP contribution in [0.3, 0.4) is 0 Å². The largest absolute Gasteiger partial charge is 0.326 e. The van der Waals surface area contributed by atoms with Gasteiger partial charge in [-0.2, -0.15) is 0 Å². The van der Waals surface area contributed by atoms with E-state index in [-0.39, 0.29) is 11.8 Å². The van der Waals surface area contributed by atoms with Crippen molar-refractivity contribution >= 4 is 45.3 Å². The highest BCUT2D eigenvalue weighted by atomic mass is 32.1. The van der Waals surface area contributed by atoms with Crippen LogP contribution in [0.1, 0.15) is 27.3 Å². The lowest BCUT2D eigenvalue weighted by molar-refractivity contribution is -0.114. The van der Waals surface area contributed by atoms with Gasteiger partial charge in [-0.05, 0) is 26.0 Å². The van der Waals surface area contributed by atoms with Gasteiger partial charge >= 0.3 is 0 Å². The molecule has 3 aromatic rings. The number of nitrogens with zero attached hydrogens (tertiary/aromatic N) is 2. The topological polar surface area (TPSA) is 84.0 Å². The predicted octanol–water partition coefficient (Wildman–Crippen LogP) is 4.09. The quantitative estimate of drug-likeness (QED) is 0.722. The summed E-state index contributed by atoms with van der Waals surface area (Å²) in [5.41, 5.74) is 3.14. The zero-order chi connectivity index (χ0) is 18.0. The van der Waals surface area contributed by atoms with Crippen LogP contribution in [0.5, 0.6) is 0 Å². The molecule has 2 heterocycles. The van der Waals surface area contributed by atoms with Gasteiger partial charge in [0.1, 0.15) is 4.88 Å². The molecule has 3 rings (SSSR count). The van der Waals surface area contributed by atoms with Crippen LogP contribution in [0.2, 0.25) is 0 Å². The summed E-state index contributed by atoms with van der Waals surface area (Å²) in [5, 5.41) is 8.83. The van der Waals surface area contributed by atoms with E-state index in [0.29, 0.717) is 10.0 Å². The summed E-state index contributed by atoms with van der Waals surface area (Å²) in [6.45, 7) is 5.17. The van der Waals surface area contributed by atoms with E-state index in [1.165, 1.54) is 29.6 Å². The summed E-state index contributed by atoms with van der Waals surface area (Å²) >= 11 is 2.74. The fraction of sp³-hybridized carbons (Fsp3) is 0.176. The molecule has 2 aromatic heterocycles. The molecule has 0 aliphatic heterocycles. The van der Waals surface area contributed by atoms with Gasteiger partial charge in [0.2, 0.25) is 5.91 Å². The van der Waals surface area contributed by atoms with Crippen LogP contribution in [-0.4, -0.2) is 21.8 Å². The molecule has 0 aliphatic carbocycles. The second-order valence-corrected chi connectivity index (χ2v) is 7.46. The summed E-state index contributed by atoms with van der Waals surface area (Å²) in [6.07, 6.45) is 0. The minimum absolute atomic E-state index is 0.111. The summed E-state index contributed by atoms with van der Waals surface area (Å²) in [5.74, 6) is -0.301. The fourth-order valence-electron chi connectivity index (χ4n) is 2.29. The smallest absolute Gasteiger partial charge is 0.269 e. The zero-order valence-electron chi connectivity index (χ0n) is 13.9. The van der Waals surface area contributed by atoms with Crippen molar-refractivity contribution in [3.8, 4) is 11.3 Å². The zero-order valence-corrected chi connectivity index (χ0v) is 15.5. The van der Waals surface area contributed by atoms with Gasteiger partial charge in [-0.25, -0.2) is 9.97 Å². The Morgan fingerprint density at radius 1 is 1.04 bits per heavy atom. The summed E-state index contributed by atoms with van der Waals surface area (Å²) in [6, 6.07) is 7.39. The van der Waals surface area contributed by atoms with Crippen LogP contribution in [0, 0.1) is 13.8 Å². The Labute approximate surface area is 153 Å². The molecule has 0 bridgehead atoms. The molecule has 0 saturated heterocycles. The van der Waals surface area contributed by atoms with Crippen LogP contribution in [0.25, 0.3) is 11.3 Å². The second kappa shape index (κ2) is 7.12. The van der Waals surface area contributed by atoms with Crippen molar-refractivity contribution in [2.75, 3.05) is 10.6 Å². The van der Waals surface area contributed by atoms with Crippen molar-refractivity contribution < 1.29 is 9.59 Å². The third-order valence-electron chi connectivity index (χ3n) is 3.34. The van der Waals surface area contributed by atoms with Crippen LogP contribution in [-0.2, 0) is 4.79 Å². The number of benzene rings is 1. The van der Waals surface area contributed by atoms with E-state index >= 15 is 0 Å². The van der Waals surface area contributed by atoms with E-state index < -0.39 is 0 Å². The Morgan fingerprint density at radius 2 is 1.76 bits per heavy atom. The number of carbonyl (C=O) groups excluding carboxylic acids is 2. The summed E-state index contributed by atoms with van der Waals surface area (Å²) in [7, 11) is 0. The number of carbonyl (C=O) groups is 2. The highest BCUT2D eigenvalue weighted by Gasteiger charge is 2.15. The number of hydrogen-bond donors (Lipinski definition) is 2. The van der Waals surface area contributed by atoms with Crippen LogP contribution in [0.4, 0.5) is 10.8 Å². The molecule has 0 saturated carbocycles. The van der Waals surface area contributed by atoms with Gasteiger partial charge in [-0.3, -0.25) is 14.9 Å². The van der Waals surface area contributed by atoms with Crippen molar-refractivity contribution in [3.63, 3.8) is 0 Å². The molecule has 6 nitrogen and oxygen atoms in total. The third-order valence-corrected chi connectivity index (χ3v) is 5.16. The molecule has 0 radical (unpaired) electrons. The van der Waals surface area contributed by atoms with Gasteiger partial charge in [-0.15, -0.1) is 22.7 Å². The number of thiazole rings is 2. The number of hydrogen-bond acceptors (Lipinski definition) is 6. The number of rotatable bonds is 4. The van der Waals surface area contributed by atoms with Crippen LogP contribution >= 0.6 is 22.7 Å². The summed E-state index contributed by atoms with van der Waals surface area (Å²) < 4.78 is 0. The average Bonchev–Trinajstić information content (AvgIpc) is 3.14. The first-order chi connectivity index (χ1) is 11.9. The van der Waals surface area contributed by atoms with Crippen molar-refractivity contribution in [1.29, 1.82) is 0 Å². The maximum atomic E-state index is 12.3. The number of aryl methyl sites for hydroxylation is 2. The molecule has 1 aromatic carbocycles. The number of nitrogens with one attached hydrogen (secondary N) is 2. The molecule has 2 N–H and O–H groups in total. The molecular weight excluding hydrogens is 356 g/mol. The lowest BCUT2D eigenvalue weighted by Gasteiger charge is -2.03. The Balaban J connectivity index is 1.73. The van der Waals surface area contributed by atoms with Crippen molar-refractivity contribution in [3.05, 3.63) is 45.2 Å². The summed E-state index contributed by atoms with van der Waals surface area (Å²) in [4.78, 5) is 32.7. The lowest BCUT2D eigenvalue weighted by atomic mass is 10.1. The van der Waals surface area contributed by atoms with E-state index in [0.717, 1.165) is 27.6 Å². The monoisotopic (exact) mass is 372 g/mol. The first-order valence-corrected chi connectivity index (χ1v) is 9.21. The Hall–Kier alpha value is -2.58. The second-order valence-electron chi connectivity index (χ2n) is 5.40. The average molecular weight is 372 g/mol. The van der Waals surface area contributed by atoms with E-state index in [9.17, 15) is 9.59 Å². The molecule has 128 valence electrons. The van der Waals surface area contributed by atoms with E-state index in [2.05, 4.69) is 20.6 Å². The minimum atomic E-state index is -0.190. The van der Waals surface area contributed by atoms with Gasteiger partial charge < -0.3 is 5.32 Å². The molecule has 2 amide bonds. The highest BCUT2D eigenvalue weighted by molar-refractivity contribution is 7.15. The van der Waals surface area contributed by atoms with Crippen molar-refractivity contribution in [1.82, 2.24) is 9.97 Å². The fourth-order valence-corrected chi connectivity index (χ4v) is 3.82. The Morgan fingerprint density at radius 3 is 2.36 bits per heavy atom. The number of amides is 2. The molecule has 25 heavy (non-hydrogen) atoms. The van der Waals surface area contributed by atoms with Crippen LogP contribution in [0.15, 0.2) is 29.6 Å². The third kappa shape index (κ3) is 4.09. The SMILES string of the molecule is CC(=O)Nc1ccc(-c2csc(NC(=O)c3sc(C)nc3C)n2)cc1. The molecule has 8 heteroatoms. The van der Waals surface area contributed by atoms with Crippen molar-refractivity contribution in [2.24, 2.45) is 0 Å². The van der Waals surface area contributed by atoms with E-state index in [4.69, 9.17) is 0 Å². The first kappa shape index (κ1) is 17.2. The lowest BCUT2D eigenvalue weighted by Crippen LogP contribution is -2.11. The van der Waals surface area contributed by atoms with Gasteiger partial charge in [-0.1, -0.05) is 12.1 Å². The van der Waals surface area contributed by atoms with E-state index in [1.807, 2.05) is 43.5 Å². The Kier molecular flexibility index (Phi) is 4.91. The molecule has 0 aliphatic rings. The highest BCUT2D eigenvalue weighted by Crippen LogP contribution is 2.27. The predicted molar refractivity (Wildman–Crippen MR) is 101 cm³/mol. The molecular formula is C17H16N4O2S2. The normalized spacial score (nSPS) is 10.5. The van der Waals surface area contributed by atoms with Gasteiger partial charge in [0, 0.05) is 23.6 Å². The van der Waals surface area contributed by atoms with E-state index in [1.54, 1.807) is 0 Å². The number of anilines is 2. The maximum absolute atomic E-state index is 12.3. The standard InChI is InChI=1S/C17H16N4O2S2/c1-9-15(25-11(3)18-9)16(23)21-17-20-14(8-24-17)12-4-6-13(7-5-12)19-10(2)22/h4-8H,1-3H3,(H,19,22)(H,20,21,23). The van der Waals surface area contributed by atoms with Gasteiger partial charge in [0.05, 0.1) is 16.4 Å². The van der Waals surface area contributed by atoms with Gasteiger partial charge in [0.15, 0.2) is 5.13 Å². The molecule has 0 fully saturated rings. The molecule has 0 atom stereocenters. The number of aromatic nitrogens is 2. The molecule has 0 spiro atoms. The van der Waals surface area contributed by atoms with Crippen molar-refractivity contribution in [2.45, 2.75) is 20.8 Å². The first-order valence-electron chi connectivity index (χ1n) is 7.51.